The maximum atomic E-state index is 11.6. The Bertz CT molecular complexity index is 718. The van der Waals surface area contributed by atoms with Crippen molar-refractivity contribution in [2.45, 2.75) is 39.7 Å². The first-order valence-corrected chi connectivity index (χ1v) is 8.56. The number of benzene rings is 1. The highest BCUT2D eigenvalue weighted by atomic mass is 16.5. The zero-order chi connectivity index (χ0) is 20.6. The van der Waals surface area contributed by atoms with E-state index in [9.17, 15) is 19.5 Å². The van der Waals surface area contributed by atoms with Crippen LogP contribution in [0.15, 0.2) is 24.3 Å². The molecule has 27 heavy (non-hydrogen) atoms. The summed E-state index contributed by atoms with van der Waals surface area (Å²) >= 11 is 0. The Balaban J connectivity index is 2.77. The Hall–Kier alpha value is -2.83. The third kappa shape index (κ3) is 7.52. The predicted octanol–water partition coefficient (Wildman–Crippen LogP) is 3.41. The number of ketones is 2. The van der Waals surface area contributed by atoms with Crippen LogP contribution in [-0.2, 0) is 9.59 Å². The molecule has 0 heterocycles. The molecule has 0 spiro atoms. The molecule has 1 rings (SSSR count). The van der Waals surface area contributed by atoms with E-state index >= 15 is 0 Å². The van der Waals surface area contributed by atoms with Crippen molar-refractivity contribution >= 4 is 23.7 Å². The topological polar surface area (TPSA) is 93.1 Å². The lowest BCUT2D eigenvalue weighted by atomic mass is 10.1. The van der Waals surface area contributed by atoms with Gasteiger partial charge in [0.2, 0.25) is 0 Å². The molecule has 0 unspecified atom stereocenters. The normalized spacial score (nSPS) is 11.3. The maximum absolute atomic E-state index is 11.6. The van der Waals surface area contributed by atoms with Crippen LogP contribution < -0.4 is 9.47 Å². The number of amides is 1. The summed E-state index contributed by atoms with van der Waals surface area (Å²) in [6, 6.07) is 5.13. The third-order valence-corrected chi connectivity index (χ3v) is 3.69. The fourth-order valence-electron chi connectivity index (χ4n) is 2.37. The highest BCUT2D eigenvalue weighted by molar-refractivity contribution is 6.05. The van der Waals surface area contributed by atoms with Gasteiger partial charge in [0.1, 0.15) is 12.4 Å². The molecule has 1 aromatic carbocycles. The second kappa shape index (κ2) is 9.75. The highest BCUT2D eigenvalue weighted by Crippen LogP contribution is 2.28. The van der Waals surface area contributed by atoms with Gasteiger partial charge in [-0.15, -0.1) is 0 Å². The van der Waals surface area contributed by atoms with E-state index in [1.54, 1.807) is 24.3 Å². The van der Waals surface area contributed by atoms with Gasteiger partial charge >= 0.3 is 6.09 Å². The lowest BCUT2D eigenvalue weighted by molar-refractivity contribution is -0.123. The zero-order valence-electron chi connectivity index (χ0n) is 16.4. The smallest absolute Gasteiger partial charge is 0.407 e. The molecule has 1 aromatic rings. The molecule has 0 aliphatic heterocycles. The maximum Gasteiger partial charge on any atom is 0.407 e. The average Bonchev–Trinajstić information content (AvgIpc) is 2.55. The minimum atomic E-state index is -1.01. The Morgan fingerprint density at radius 3 is 2.37 bits per heavy atom. The minimum Gasteiger partial charge on any atom is -0.493 e. The summed E-state index contributed by atoms with van der Waals surface area (Å²) in [5.74, 6) is 0.493. The van der Waals surface area contributed by atoms with Gasteiger partial charge in [-0.05, 0) is 51.5 Å². The molecular formula is C20H27NO6. The van der Waals surface area contributed by atoms with E-state index in [2.05, 4.69) is 0 Å². The quantitative estimate of drug-likeness (QED) is 0.524. The number of carboxylic acid groups (broad SMARTS) is 1. The summed E-state index contributed by atoms with van der Waals surface area (Å²) in [5.41, 5.74) is 0.193. The van der Waals surface area contributed by atoms with Crippen LogP contribution in [0.4, 0.5) is 4.79 Å². The van der Waals surface area contributed by atoms with Crippen molar-refractivity contribution in [2.24, 2.45) is 0 Å². The lowest BCUT2D eigenvalue weighted by Gasteiger charge is -2.33. The van der Waals surface area contributed by atoms with Crippen LogP contribution in [-0.4, -0.2) is 53.5 Å². The van der Waals surface area contributed by atoms with Gasteiger partial charge in [0.25, 0.3) is 0 Å². The first kappa shape index (κ1) is 22.2. The standard InChI is InChI=1S/C20H27NO6/c1-14(22)12-16(23)8-6-15-7-9-17(18(13-15)26-5)27-11-10-21(19(24)25)20(2,3)4/h6-9,13H,10-12H2,1-5H3,(H,24,25)/b8-6+. The van der Waals surface area contributed by atoms with Gasteiger partial charge in [-0.3, -0.25) is 9.59 Å². The summed E-state index contributed by atoms with van der Waals surface area (Å²) < 4.78 is 11.0. The molecule has 0 bridgehead atoms. The first-order chi connectivity index (χ1) is 12.5. The fraction of sp³-hybridized carbons (Fsp3) is 0.450. The molecule has 0 aromatic heterocycles. The summed E-state index contributed by atoms with van der Waals surface area (Å²) in [7, 11) is 1.50. The summed E-state index contributed by atoms with van der Waals surface area (Å²) in [6.07, 6.45) is 1.82. The molecule has 0 saturated carbocycles. The number of methoxy groups -OCH3 is 1. The van der Waals surface area contributed by atoms with Crippen molar-refractivity contribution in [3.8, 4) is 11.5 Å². The van der Waals surface area contributed by atoms with Crippen molar-refractivity contribution in [3.05, 3.63) is 29.8 Å². The number of carbonyl (C=O) groups excluding carboxylic acids is 2. The molecule has 0 atom stereocenters. The van der Waals surface area contributed by atoms with E-state index in [-0.39, 0.29) is 31.1 Å². The third-order valence-electron chi connectivity index (χ3n) is 3.69. The molecule has 0 aliphatic rings. The molecule has 0 fully saturated rings. The molecule has 0 radical (unpaired) electrons. The lowest BCUT2D eigenvalue weighted by Crippen LogP contribution is -2.46. The SMILES string of the molecule is COc1cc(/C=C/C(=O)CC(C)=O)ccc1OCCN(C(=O)O)C(C)(C)C. The number of hydrogen-bond acceptors (Lipinski definition) is 5. The van der Waals surface area contributed by atoms with E-state index in [4.69, 9.17) is 9.47 Å². The van der Waals surface area contributed by atoms with Gasteiger partial charge in [0, 0.05) is 5.54 Å². The monoisotopic (exact) mass is 377 g/mol. The van der Waals surface area contributed by atoms with Crippen molar-refractivity contribution in [3.63, 3.8) is 0 Å². The molecule has 7 heteroatoms. The highest BCUT2D eigenvalue weighted by Gasteiger charge is 2.25. The van der Waals surface area contributed by atoms with Crippen LogP contribution in [0.1, 0.15) is 39.7 Å². The average molecular weight is 377 g/mol. The van der Waals surface area contributed by atoms with Gasteiger partial charge in [-0.1, -0.05) is 12.1 Å². The van der Waals surface area contributed by atoms with Gasteiger partial charge in [0.05, 0.1) is 20.1 Å². The fourth-order valence-corrected chi connectivity index (χ4v) is 2.37. The number of hydrogen-bond donors (Lipinski definition) is 1. The molecule has 1 amide bonds. The van der Waals surface area contributed by atoms with Crippen LogP contribution in [0, 0.1) is 0 Å². The van der Waals surface area contributed by atoms with E-state index in [1.165, 1.54) is 25.0 Å². The van der Waals surface area contributed by atoms with E-state index < -0.39 is 11.6 Å². The number of nitrogens with zero attached hydrogens (tertiary/aromatic N) is 1. The Kier molecular flexibility index (Phi) is 8.02. The van der Waals surface area contributed by atoms with Gasteiger partial charge in [-0.25, -0.2) is 4.79 Å². The number of Topliss-reactive ketones (excluding diaryl/α,β-unsaturated/α-hetero) is 1. The minimum absolute atomic E-state index is 0.122. The number of carbonyl (C=O) groups is 3. The van der Waals surface area contributed by atoms with Crippen molar-refractivity contribution in [1.29, 1.82) is 0 Å². The molecular weight excluding hydrogens is 350 g/mol. The largest absolute Gasteiger partial charge is 0.493 e. The number of allylic oxidation sites excluding steroid dienone is 1. The number of rotatable bonds is 9. The van der Waals surface area contributed by atoms with Crippen LogP contribution in [0.25, 0.3) is 6.08 Å². The van der Waals surface area contributed by atoms with Crippen LogP contribution in [0.5, 0.6) is 11.5 Å². The van der Waals surface area contributed by atoms with Crippen molar-refractivity contribution < 1.29 is 29.0 Å². The van der Waals surface area contributed by atoms with E-state index in [0.29, 0.717) is 11.5 Å². The predicted molar refractivity (Wildman–Crippen MR) is 102 cm³/mol. The summed E-state index contributed by atoms with van der Waals surface area (Å²) in [6.45, 7) is 7.20. The Morgan fingerprint density at radius 1 is 1.19 bits per heavy atom. The van der Waals surface area contributed by atoms with Crippen LogP contribution in [0.2, 0.25) is 0 Å². The molecule has 7 nitrogen and oxygen atoms in total. The Morgan fingerprint density at radius 2 is 1.85 bits per heavy atom. The molecule has 0 aliphatic carbocycles. The first-order valence-electron chi connectivity index (χ1n) is 8.56. The van der Waals surface area contributed by atoms with Crippen LogP contribution in [0.3, 0.4) is 0 Å². The van der Waals surface area contributed by atoms with E-state index in [1.807, 2.05) is 20.8 Å². The van der Waals surface area contributed by atoms with Crippen LogP contribution >= 0.6 is 0 Å². The van der Waals surface area contributed by atoms with E-state index in [0.717, 1.165) is 5.56 Å². The zero-order valence-corrected chi connectivity index (χ0v) is 16.4. The molecule has 1 N–H and O–H groups in total. The summed E-state index contributed by atoms with van der Waals surface area (Å²) in [4.78, 5) is 35.1. The van der Waals surface area contributed by atoms with Crippen molar-refractivity contribution in [2.75, 3.05) is 20.3 Å². The molecule has 148 valence electrons. The second-order valence-electron chi connectivity index (χ2n) is 7.04. The number of ether oxygens (including phenoxy) is 2. The van der Waals surface area contributed by atoms with Gasteiger partial charge < -0.3 is 19.5 Å². The van der Waals surface area contributed by atoms with Crippen molar-refractivity contribution in [1.82, 2.24) is 4.90 Å². The summed E-state index contributed by atoms with van der Waals surface area (Å²) in [5, 5.41) is 9.29. The van der Waals surface area contributed by atoms with Gasteiger partial charge in [0.15, 0.2) is 17.3 Å². The Labute approximate surface area is 159 Å². The second-order valence-corrected chi connectivity index (χ2v) is 7.04. The molecule has 0 saturated heterocycles. The van der Waals surface area contributed by atoms with Gasteiger partial charge in [-0.2, -0.15) is 0 Å².